The van der Waals surface area contributed by atoms with Crippen LogP contribution >= 0.6 is 11.6 Å². The van der Waals surface area contributed by atoms with Crippen molar-refractivity contribution >= 4 is 17.4 Å². The molecule has 2 fully saturated rings. The first-order chi connectivity index (χ1) is 8.34. The molecule has 1 aromatic heterocycles. The summed E-state index contributed by atoms with van der Waals surface area (Å²) in [4.78, 5) is 10.8. The van der Waals surface area contributed by atoms with Gasteiger partial charge in [0.2, 0.25) is 0 Å². The molecule has 0 spiro atoms. The second-order valence-corrected chi connectivity index (χ2v) is 5.53. The Morgan fingerprint density at radius 3 is 2.82 bits per heavy atom. The topological polar surface area (TPSA) is 29.0 Å². The molecule has 1 aromatic rings. The number of hydrogen-bond acceptors (Lipinski definition) is 3. The summed E-state index contributed by atoms with van der Waals surface area (Å²) in [5.41, 5.74) is 0. The lowest BCUT2D eigenvalue weighted by molar-refractivity contribution is 0.242. The first-order valence-corrected chi connectivity index (χ1v) is 6.96. The van der Waals surface area contributed by atoms with Gasteiger partial charge in [-0.05, 0) is 31.6 Å². The van der Waals surface area contributed by atoms with Crippen molar-refractivity contribution in [1.82, 2.24) is 9.97 Å². The van der Waals surface area contributed by atoms with Crippen molar-refractivity contribution < 1.29 is 0 Å². The van der Waals surface area contributed by atoms with Crippen LogP contribution in [0.5, 0.6) is 0 Å². The van der Waals surface area contributed by atoms with E-state index in [1.54, 1.807) is 6.33 Å². The third-order valence-electron chi connectivity index (χ3n) is 4.16. The van der Waals surface area contributed by atoms with Crippen LogP contribution in [0.25, 0.3) is 0 Å². The summed E-state index contributed by atoms with van der Waals surface area (Å²) >= 11 is 5.96. The zero-order valence-electron chi connectivity index (χ0n) is 9.98. The van der Waals surface area contributed by atoms with Crippen molar-refractivity contribution in [2.45, 2.75) is 44.6 Å². The highest BCUT2D eigenvalue weighted by molar-refractivity contribution is 6.29. The lowest BCUT2D eigenvalue weighted by Gasteiger charge is -2.44. The third-order valence-corrected chi connectivity index (χ3v) is 4.36. The molecule has 17 heavy (non-hydrogen) atoms. The van der Waals surface area contributed by atoms with E-state index in [2.05, 4.69) is 14.9 Å². The molecule has 3 rings (SSSR count). The van der Waals surface area contributed by atoms with Gasteiger partial charge in [-0.2, -0.15) is 0 Å². The largest absolute Gasteiger partial charge is 0.353 e. The molecule has 4 heteroatoms. The molecule has 0 radical (unpaired) electrons. The van der Waals surface area contributed by atoms with Gasteiger partial charge in [0.05, 0.1) is 0 Å². The SMILES string of the molecule is Clc1cc(N2CCCC3CCCCC32)ncn1. The van der Waals surface area contributed by atoms with Gasteiger partial charge in [-0.3, -0.25) is 0 Å². The molecule has 0 amide bonds. The van der Waals surface area contributed by atoms with Crippen molar-refractivity contribution in [3.63, 3.8) is 0 Å². The van der Waals surface area contributed by atoms with Gasteiger partial charge in [0, 0.05) is 18.7 Å². The molecule has 92 valence electrons. The van der Waals surface area contributed by atoms with Crippen molar-refractivity contribution in [2.75, 3.05) is 11.4 Å². The van der Waals surface area contributed by atoms with E-state index in [0.29, 0.717) is 11.2 Å². The highest BCUT2D eigenvalue weighted by Crippen LogP contribution is 2.37. The van der Waals surface area contributed by atoms with Crippen LogP contribution in [0.1, 0.15) is 38.5 Å². The van der Waals surface area contributed by atoms with Crippen molar-refractivity contribution in [1.29, 1.82) is 0 Å². The Hall–Kier alpha value is -0.830. The Morgan fingerprint density at radius 1 is 1.12 bits per heavy atom. The van der Waals surface area contributed by atoms with Crippen LogP contribution in [0, 0.1) is 5.92 Å². The predicted molar refractivity (Wildman–Crippen MR) is 69.4 cm³/mol. The molecule has 2 heterocycles. The molecule has 2 atom stereocenters. The van der Waals surface area contributed by atoms with Gasteiger partial charge >= 0.3 is 0 Å². The van der Waals surface area contributed by atoms with Crippen LogP contribution in [0.3, 0.4) is 0 Å². The van der Waals surface area contributed by atoms with E-state index in [1.807, 2.05) is 6.07 Å². The fourth-order valence-corrected chi connectivity index (χ4v) is 3.53. The summed E-state index contributed by atoms with van der Waals surface area (Å²) in [7, 11) is 0. The average molecular weight is 252 g/mol. The molecule has 1 aliphatic carbocycles. The second kappa shape index (κ2) is 4.81. The number of piperidine rings is 1. The monoisotopic (exact) mass is 251 g/mol. The number of halogens is 1. The Bertz CT molecular complexity index is 394. The van der Waals surface area contributed by atoms with E-state index in [1.165, 1.54) is 38.5 Å². The molecule has 2 unspecified atom stereocenters. The minimum absolute atomic E-state index is 0.549. The standard InChI is InChI=1S/C13H18ClN3/c14-12-8-13(16-9-15-12)17-7-3-5-10-4-1-2-6-11(10)17/h8-11H,1-7H2. The summed E-state index contributed by atoms with van der Waals surface area (Å²) in [6.45, 7) is 1.12. The first-order valence-electron chi connectivity index (χ1n) is 6.59. The van der Waals surface area contributed by atoms with E-state index < -0.39 is 0 Å². The summed E-state index contributed by atoms with van der Waals surface area (Å²) in [5, 5.41) is 0.549. The fourth-order valence-electron chi connectivity index (χ4n) is 3.39. The predicted octanol–water partition coefficient (Wildman–Crippen LogP) is 3.29. The van der Waals surface area contributed by atoms with E-state index in [-0.39, 0.29) is 0 Å². The second-order valence-electron chi connectivity index (χ2n) is 5.15. The minimum atomic E-state index is 0.549. The number of hydrogen-bond donors (Lipinski definition) is 0. The van der Waals surface area contributed by atoms with Crippen LogP contribution in [-0.4, -0.2) is 22.6 Å². The summed E-state index contributed by atoms with van der Waals surface area (Å²) in [5.74, 6) is 1.88. The molecule has 0 N–H and O–H groups in total. The van der Waals surface area contributed by atoms with Gasteiger partial charge < -0.3 is 4.90 Å². The quantitative estimate of drug-likeness (QED) is 0.718. The molecule has 1 saturated heterocycles. The average Bonchev–Trinajstić information content (AvgIpc) is 2.38. The highest BCUT2D eigenvalue weighted by atomic mass is 35.5. The van der Waals surface area contributed by atoms with Gasteiger partial charge in [0.25, 0.3) is 0 Å². The Morgan fingerprint density at radius 2 is 1.94 bits per heavy atom. The fraction of sp³-hybridized carbons (Fsp3) is 0.692. The number of anilines is 1. The molecule has 1 aliphatic heterocycles. The minimum Gasteiger partial charge on any atom is -0.353 e. The zero-order valence-corrected chi connectivity index (χ0v) is 10.7. The zero-order chi connectivity index (χ0) is 11.7. The van der Waals surface area contributed by atoms with E-state index >= 15 is 0 Å². The van der Waals surface area contributed by atoms with Crippen molar-refractivity contribution in [3.05, 3.63) is 17.5 Å². The Balaban J connectivity index is 1.85. The summed E-state index contributed by atoms with van der Waals surface area (Å²) in [6.07, 6.45) is 9.70. The van der Waals surface area contributed by atoms with Gasteiger partial charge in [0.15, 0.2) is 0 Å². The Kier molecular flexibility index (Phi) is 3.19. The lowest BCUT2D eigenvalue weighted by atomic mass is 9.78. The molecule has 0 bridgehead atoms. The lowest BCUT2D eigenvalue weighted by Crippen LogP contribution is -2.47. The van der Waals surface area contributed by atoms with Crippen LogP contribution in [0.2, 0.25) is 5.15 Å². The maximum atomic E-state index is 5.96. The first kappa shape index (κ1) is 11.3. The summed E-state index contributed by atoms with van der Waals surface area (Å²) in [6, 6.07) is 2.59. The van der Waals surface area contributed by atoms with E-state index in [4.69, 9.17) is 11.6 Å². The van der Waals surface area contributed by atoms with Gasteiger partial charge in [-0.1, -0.05) is 24.4 Å². The molecule has 2 aliphatic rings. The number of rotatable bonds is 1. The van der Waals surface area contributed by atoms with Gasteiger partial charge in [-0.15, -0.1) is 0 Å². The van der Waals surface area contributed by atoms with Gasteiger partial charge in [0.1, 0.15) is 17.3 Å². The maximum absolute atomic E-state index is 5.96. The van der Waals surface area contributed by atoms with Crippen molar-refractivity contribution in [2.24, 2.45) is 5.92 Å². The molecule has 1 saturated carbocycles. The summed E-state index contributed by atoms with van der Waals surface area (Å²) < 4.78 is 0. The van der Waals surface area contributed by atoms with Crippen molar-refractivity contribution in [3.8, 4) is 0 Å². The molecule has 3 nitrogen and oxygen atoms in total. The maximum Gasteiger partial charge on any atom is 0.134 e. The third kappa shape index (κ3) is 2.25. The van der Waals surface area contributed by atoms with Crippen LogP contribution < -0.4 is 4.90 Å². The van der Waals surface area contributed by atoms with Crippen LogP contribution in [0.4, 0.5) is 5.82 Å². The molecule has 0 aromatic carbocycles. The van der Waals surface area contributed by atoms with E-state index in [9.17, 15) is 0 Å². The number of fused-ring (bicyclic) bond motifs is 1. The van der Waals surface area contributed by atoms with Crippen LogP contribution in [-0.2, 0) is 0 Å². The van der Waals surface area contributed by atoms with E-state index in [0.717, 1.165) is 18.3 Å². The number of nitrogens with zero attached hydrogens (tertiary/aromatic N) is 3. The molecular weight excluding hydrogens is 234 g/mol. The molecular formula is C13H18ClN3. The van der Waals surface area contributed by atoms with Gasteiger partial charge in [-0.25, -0.2) is 9.97 Å². The smallest absolute Gasteiger partial charge is 0.134 e. The van der Waals surface area contributed by atoms with Crippen LogP contribution in [0.15, 0.2) is 12.4 Å². The normalized spacial score (nSPS) is 28.9. The number of aromatic nitrogens is 2. The highest BCUT2D eigenvalue weighted by Gasteiger charge is 2.33. The Labute approximate surface area is 107 Å².